The maximum absolute atomic E-state index is 14.8. The number of carbonyl (C=O) groups excluding carboxylic acids is 1. The molecule has 1 aliphatic carbocycles. The molecule has 4 aromatic rings. The van der Waals surface area contributed by atoms with Gasteiger partial charge in [-0.05, 0) is 54.7 Å². The zero-order valence-corrected chi connectivity index (χ0v) is 21.4. The van der Waals surface area contributed by atoms with Gasteiger partial charge in [0.25, 0.3) is 5.91 Å². The topological polar surface area (TPSA) is 95.7 Å². The Labute approximate surface area is 224 Å². The SMILES string of the molecule is O=C(O)CC(NC(=O)c1ccn2c(NCc3ccccc3)c(-c3cc(F)ccc3F)nc2c1)C1CCCCC1. The molecule has 1 unspecified atom stereocenters. The van der Waals surface area contributed by atoms with E-state index in [1.807, 2.05) is 30.3 Å². The normalized spacial score (nSPS) is 14.7. The third-order valence-electron chi connectivity index (χ3n) is 7.30. The molecule has 1 amide bonds. The summed E-state index contributed by atoms with van der Waals surface area (Å²) in [5.74, 6) is -1.99. The lowest BCUT2D eigenvalue weighted by Crippen LogP contribution is -2.42. The van der Waals surface area contributed by atoms with Crippen molar-refractivity contribution < 1.29 is 23.5 Å². The zero-order chi connectivity index (χ0) is 27.4. The Morgan fingerprint density at radius 2 is 1.79 bits per heavy atom. The number of fused-ring (bicyclic) bond motifs is 1. The standard InChI is InChI=1S/C30H30F2N4O3/c31-22-11-12-24(32)23(16-22)28-29(33-18-19-7-3-1-4-8-19)36-14-13-21(15-26(36)35-28)30(39)34-25(17-27(37)38)20-9-5-2-6-10-20/h1,3-4,7-8,11-16,20,25,33H,2,5-6,9-10,17-18H2,(H,34,39)(H,37,38). The molecule has 0 aliphatic heterocycles. The summed E-state index contributed by atoms with van der Waals surface area (Å²) in [5.41, 5.74) is 1.87. The van der Waals surface area contributed by atoms with Crippen LogP contribution in [0.2, 0.25) is 0 Å². The second-order valence-electron chi connectivity index (χ2n) is 9.99. The molecule has 0 saturated heterocycles. The number of hydrogen-bond donors (Lipinski definition) is 3. The fourth-order valence-electron chi connectivity index (χ4n) is 5.32. The van der Waals surface area contributed by atoms with Crippen molar-refractivity contribution in [2.45, 2.75) is 51.1 Å². The number of rotatable bonds is 9. The lowest BCUT2D eigenvalue weighted by atomic mass is 9.82. The zero-order valence-electron chi connectivity index (χ0n) is 21.4. The Morgan fingerprint density at radius 1 is 1.03 bits per heavy atom. The number of carboxylic acids is 1. The smallest absolute Gasteiger partial charge is 0.305 e. The number of pyridine rings is 1. The maximum atomic E-state index is 14.8. The van der Waals surface area contributed by atoms with Crippen LogP contribution in [0.1, 0.15) is 54.4 Å². The highest BCUT2D eigenvalue weighted by atomic mass is 19.1. The van der Waals surface area contributed by atoms with E-state index in [1.165, 1.54) is 0 Å². The molecular weight excluding hydrogens is 502 g/mol. The summed E-state index contributed by atoms with van der Waals surface area (Å²) in [4.78, 5) is 29.3. The van der Waals surface area contributed by atoms with E-state index in [0.717, 1.165) is 55.9 Å². The molecule has 2 aromatic carbocycles. The van der Waals surface area contributed by atoms with Crippen LogP contribution in [0, 0.1) is 17.6 Å². The summed E-state index contributed by atoms with van der Waals surface area (Å²) in [6, 6.07) is 15.5. The molecule has 0 spiro atoms. The molecular formula is C30H30F2N4O3. The van der Waals surface area contributed by atoms with Crippen molar-refractivity contribution in [3.63, 3.8) is 0 Å². The van der Waals surface area contributed by atoms with Gasteiger partial charge in [-0.2, -0.15) is 0 Å². The first-order chi connectivity index (χ1) is 18.9. The first kappa shape index (κ1) is 26.3. The highest BCUT2D eigenvalue weighted by Gasteiger charge is 2.28. The number of anilines is 1. The molecule has 0 bridgehead atoms. The van der Waals surface area contributed by atoms with Crippen LogP contribution in [0.5, 0.6) is 0 Å². The van der Waals surface area contributed by atoms with Gasteiger partial charge in [-0.1, -0.05) is 49.6 Å². The Morgan fingerprint density at radius 3 is 2.54 bits per heavy atom. The molecule has 3 N–H and O–H groups in total. The van der Waals surface area contributed by atoms with Gasteiger partial charge in [-0.15, -0.1) is 0 Å². The van der Waals surface area contributed by atoms with E-state index in [0.29, 0.717) is 23.6 Å². The summed E-state index contributed by atoms with van der Waals surface area (Å²) in [5, 5.41) is 15.6. The van der Waals surface area contributed by atoms with E-state index >= 15 is 0 Å². The summed E-state index contributed by atoms with van der Waals surface area (Å²) in [7, 11) is 0. The van der Waals surface area contributed by atoms with E-state index in [9.17, 15) is 23.5 Å². The maximum Gasteiger partial charge on any atom is 0.305 e. The largest absolute Gasteiger partial charge is 0.481 e. The fraction of sp³-hybridized carbons (Fsp3) is 0.300. The molecule has 2 aromatic heterocycles. The average Bonchev–Trinajstić information content (AvgIpc) is 3.31. The Balaban J connectivity index is 1.48. The number of carboxylic acid groups (broad SMARTS) is 1. The number of imidazole rings is 1. The average molecular weight is 533 g/mol. The van der Waals surface area contributed by atoms with E-state index in [1.54, 1.807) is 22.7 Å². The number of hydrogen-bond acceptors (Lipinski definition) is 4. The Hall–Kier alpha value is -4.27. The Bertz CT molecular complexity index is 1480. The molecule has 1 atom stereocenters. The second kappa shape index (κ2) is 11.6. The highest BCUT2D eigenvalue weighted by Crippen LogP contribution is 2.32. The van der Waals surface area contributed by atoms with Crippen LogP contribution < -0.4 is 10.6 Å². The van der Waals surface area contributed by atoms with Crippen molar-refractivity contribution in [1.29, 1.82) is 0 Å². The van der Waals surface area contributed by atoms with Crippen molar-refractivity contribution >= 4 is 23.3 Å². The first-order valence-corrected chi connectivity index (χ1v) is 13.2. The van der Waals surface area contributed by atoms with Gasteiger partial charge in [-0.25, -0.2) is 13.8 Å². The number of aliphatic carboxylic acids is 1. The van der Waals surface area contributed by atoms with E-state index in [-0.39, 0.29) is 23.6 Å². The molecule has 7 nitrogen and oxygen atoms in total. The van der Waals surface area contributed by atoms with Crippen LogP contribution in [-0.4, -0.2) is 32.4 Å². The predicted octanol–water partition coefficient (Wildman–Crippen LogP) is 6.05. The van der Waals surface area contributed by atoms with Crippen molar-refractivity contribution in [2.75, 3.05) is 5.32 Å². The van der Waals surface area contributed by atoms with Gasteiger partial charge in [0.05, 0.1) is 6.42 Å². The number of nitrogens with one attached hydrogen (secondary N) is 2. The quantitative estimate of drug-likeness (QED) is 0.244. The van der Waals surface area contributed by atoms with Gasteiger partial charge in [0, 0.05) is 29.9 Å². The first-order valence-electron chi connectivity index (χ1n) is 13.2. The third-order valence-corrected chi connectivity index (χ3v) is 7.30. The molecule has 0 radical (unpaired) electrons. The summed E-state index contributed by atoms with van der Waals surface area (Å²) < 4.78 is 30.6. The third kappa shape index (κ3) is 6.08. The minimum atomic E-state index is -0.953. The minimum Gasteiger partial charge on any atom is -0.481 e. The van der Waals surface area contributed by atoms with Crippen LogP contribution in [0.4, 0.5) is 14.6 Å². The van der Waals surface area contributed by atoms with Gasteiger partial charge in [-0.3, -0.25) is 14.0 Å². The number of halogens is 2. The molecule has 5 rings (SSSR count). The summed E-state index contributed by atoms with van der Waals surface area (Å²) in [6.07, 6.45) is 6.45. The molecule has 39 heavy (non-hydrogen) atoms. The van der Waals surface area contributed by atoms with Crippen LogP contribution in [0.15, 0.2) is 66.9 Å². The van der Waals surface area contributed by atoms with Crippen molar-refractivity contribution in [1.82, 2.24) is 14.7 Å². The van der Waals surface area contributed by atoms with Gasteiger partial charge >= 0.3 is 5.97 Å². The molecule has 9 heteroatoms. The van der Waals surface area contributed by atoms with Gasteiger partial charge in [0.2, 0.25) is 0 Å². The molecule has 1 fully saturated rings. The minimum absolute atomic E-state index is 0.000848. The van der Waals surface area contributed by atoms with Crippen LogP contribution in [0.3, 0.4) is 0 Å². The lowest BCUT2D eigenvalue weighted by Gasteiger charge is -2.30. The van der Waals surface area contributed by atoms with Crippen molar-refractivity contribution in [3.8, 4) is 11.3 Å². The highest BCUT2D eigenvalue weighted by molar-refractivity contribution is 5.96. The van der Waals surface area contributed by atoms with Gasteiger partial charge in [0.1, 0.15) is 28.8 Å². The molecule has 2 heterocycles. The number of benzene rings is 2. The van der Waals surface area contributed by atoms with Gasteiger partial charge in [0.15, 0.2) is 0 Å². The van der Waals surface area contributed by atoms with Crippen LogP contribution in [0.25, 0.3) is 16.9 Å². The molecule has 1 saturated carbocycles. The van der Waals surface area contributed by atoms with Gasteiger partial charge < -0.3 is 15.7 Å². The Kier molecular flexibility index (Phi) is 7.86. The second-order valence-corrected chi connectivity index (χ2v) is 9.99. The summed E-state index contributed by atoms with van der Waals surface area (Å²) in [6.45, 7) is 0.416. The predicted molar refractivity (Wildman–Crippen MR) is 144 cm³/mol. The number of nitrogens with zero attached hydrogens (tertiary/aromatic N) is 2. The number of carbonyl (C=O) groups is 2. The van der Waals surface area contributed by atoms with E-state index < -0.39 is 29.6 Å². The number of aromatic nitrogens is 2. The summed E-state index contributed by atoms with van der Waals surface area (Å²) >= 11 is 0. The molecule has 202 valence electrons. The van der Waals surface area contributed by atoms with Crippen LogP contribution in [-0.2, 0) is 11.3 Å². The molecule has 1 aliphatic rings. The van der Waals surface area contributed by atoms with E-state index in [2.05, 4.69) is 15.6 Å². The van der Waals surface area contributed by atoms with E-state index in [4.69, 9.17) is 0 Å². The van der Waals surface area contributed by atoms with Crippen LogP contribution >= 0.6 is 0 Å². The lowest BCUT2D eigenvalue weighted by molar-refractivity contribution is -0.137. The van der Waals surface area contributed by atoms with Crippen molar-refractivity contribution in [3.05, 3.63) is 89.6 Å². The monoisotopic (exact) mass is 532 g/mol. The fourth-order valence-corrected chi connectivity index (χ4v) is 5.32. The van der Waals surface area contributed by atoms with Crippen molar-refractivity contribution in [2.24, 2.45) is 5.92 Å². The number of amides is 1.